The molecule has 3 aromatic carbocycles. The monoisotopic (exact) mass is 731 g/mol. The number of carbonyl (C=O) groups is 3. The third kappa shape index (κ3) is 8.17. The van der Waals surface area contributed by atoms with Crippen LogP contribution in [0.5, 0.6) is 17.2 Å². The molecule has 0 N–H and O–H groups in total. The molecule has 0 atom stereocenters. The number of carbonyl (C=O) groups excluding carboxylic acids is 3. The van der Waals surface area contributed by atoms with Crippen molar-refractivity contribution in [2.45, 2.75) is 19.3 Å². The molecule has 0 unspecified atom stereocenters. The van der Waals surface area contributed by atoms with E-state index < -0.39 is 161 Å². The molecular weight excluding hydrogens is 719 g/mol. The second-order valence-electron chi connectivity index (χ2n) is 9.21. The van der Waals surface area contributed by atoms with Crippen LogP contribution in [0.3, 0.4) is 0 Å². The van der Waals surface area contributed by atoms with E-state index in [1.165, 1.54) is 0 Å². The quantitative estimate of drug-likeness (QED) is 0.0706. The summed E-state index contributed by atoms with van der Waals surface area (Å²) in [6.45, 7) is -2.50. The summed E-state index contributed by atoms with van der Waals surface area (Å²) >= 11 is 0. The molecule has 0 aliphatic rings. The molecule has 7 nitrogen and oxygen atoms in total. The average Bonchev–Trinajstić information content (AvgIpc) is 3.08. The van der Waals surface area contributed by atoms with Crippen LogP contribution in [0, 0.1) is 87.3 Å². The van der Waals surface area contributed by atoms with E-state index in [1.807, 2.05) is 0 Å². The van der Waals surface area contributed by atoms with Crippen LogP contribution < -0.4 is 14.2 Å². The Morgan fingerprint density at radius 2 is 0.490 bits per heavy atom. The van der Waals surface area contributed by atoms with Gasteiger partial charge in [-0.2, -0.15) is 26.3 Å². The first-order valence-electron chi connectivity index (χ1n) is 12.7. The van der Waals surface area contributed by atoms with E-state index in [4.69, 9.17) is 0 Å². The lowest BCUT2D eigenvalue weighted by molar-refractivity contribution is -0.135. The van der Waals surface area contributed by atoms with E-state index in [0.29, 0.717) is 0 Å². The second kappa shape index (κ2) is 15.5. The van der Waals surface area contributed by atoms with Crippen molar-refractivity contribution in [3.8, 4) is 17.2 Å². The van der Waals surface area contributed by atoms with Gasteiger partial charge < -0.3 is 19.1 Å². The molecule has 0 aliphatic carbocycles. The molecule has 0 bridgehead atoms. The SMILES string of the molecule is O=C(CCN(CCC(=O)Oc1c(F)c(F)c(F)c(F)c1F)CCC(=O)Oc1c(F)c(F)c(F)c(F)c1F)Oc1c(F)c(F)c(F)c(F)c1F. The number of esters is 3. The Balaban J connectivity index is 1.76. The Morgan fingerprint density at radius 1 is 0.327 bits per heavy atom. The number of hydrogen-bond donors (Lipinski definition) is 0. The molecule has 22 heteroatoms. The third-order valence-corrected chi connectivity index (χ3v) is 6.05. The zero-order valence-corrected chi connectivity index (χ0v) is 23.3. The first kappa shape index (κ1) is 38.4. The molecule has 0 aromatic heterocycles. The van der Waals surface area contributed by atoms with Gasteiger partial charge in [-0.05, 0) is 0 Å². The summed E-state index contributed by atoms with van der Waals surface area (Å²) in [5, 5.41) is 0. The Morgan fingerprint density at radius 3 is 0.673 bits per heavy atom. The molecule has 0 heterocycles. The van der Waals surface area contributed by atoms with Crippen molar-refractivity contribution < 1.29 is 94.5 Å². The van der Waals surface area contributed by atoms with Crippen molar-refractivity contribution in [1.82, 2.24) is 4.90 Å². The van der Waals surface area contributed by atoms with Gasteiger partial charge in [0.15, 0.2) is 0 Å². The smallest absolute Gasteiger partial charge is 0.312 e. The van der Waals surface area contributed by atoms with Crippen molar-refractivity contribution in [1.29, 1.82) is 0 Å². The van der Waals surface area contributed by atoms with E-state index in [-0.39, 0.29) is 0 Å². The highest BCUT2D eigenvalue weighted by Gasteiger charge is 2.31. The molecule has 0 fully saturated rings. The maximum atomic E-state index is 13.8. The summed E-state index contributed by atoms with van der Waals surface area (Å²) in [6.07, 6.45) is -3.30. The lowest BCUT2D eigenvalue weighted by Crippen LogP contribution is -2.33. The van der Waals surface area contributed by atoms with Crippen LogP contribution in [0.4, 0.5) is 65.9 Å². The van der Waals surface area contributed by atoms with E-state index in [1.54, 1.807) is 0 Å². The lowest BCUT2D eigenvalue weighted by Gasteiger charge is -2.21. The minimum absolute atomic E-state index is 0.749. The fourth-order valence-corrected chi connectivity index (χ4v) is 3.60. The molecule has 49 heavy (non-hydrogen) atoms. The predicted molar refractivity (Wildman–Crippen MR) is 126 cm³/mol. The third-order valence-electron chi connectivity index (χ3n) is 6.05. The number of halogens is 15. The topological polar surface area (TPSA) is 82.1 Å². The summed E-state index contributed by atoms with van der Waals surface area (Å²) in [5.41, 5.74) is 0. The van der Waals surface area contributed by atoms with Crippen molar-refractivity contribution >= 4 is 17.9 Å². The number of rotatable bonds is 12. The zero-order chi connectivity index (χ0) is 37.1. The molecule has 0 radical (unpaired) electrons. The normalized spacial score (nSPS) is 11.3. The Bertz CT molecular complexity index is 1540. The Hall–Kier alpha value is -5.02. The van der Waals surface area contributed by atoms with Crippen LogP contribution >= 0.6 is 0 Å². The van der Waals surface area contributed by atoms with Gasteiger partial charge in [0.1, 0.15) is 0 Å². The standard InChI is InChI=1S/C27H12F15NO6/c28-10-13(31)19(37)25(20(38)14(10)32)47-7(44)1-4-43(5-2-8(45)48-26-21(39)15(33)11(29)16(34)22(26)40)6-3-9(46)49-27-23(41)17(35)12(30)18(36)24(27)42/h1-6H2. The van der Waals surface area contributed by atoms with Gasteiger partial charge in [-0.1, -0.05) is 0 Å². The molecule has 3 aromatic rings. The minimum atomic E-state index is -2.60. The van der Waals surface area contributed by atoms with Crippen LogP contribution in [-0.4, -0.2) is 42.4 Å². The predicted octanol–water partition coefficient (Wildman–Crippen LogP) is 6.36. The summed E-state index contributed by atoms with van der Waals surface area (Å²) in [6, 6.07) is 0. The first-order valence-corrected chi connectivity index (χ1v) is 12.7. The van der Waals surface area contributed by atoms with Crippen molar-refractivity contribution in [3.63, 3.8) is 0 Å². The van der Waals surface area contributed by atoms with E-state index >= 15 is 0 Å². The van der Waals surface area contributed by atoms with Crippen LogP contribution in [-0.2, 0) is 14.4 Å². The molecular formula is C27H12F15NO6. The van der Waals surface area contributed by atoms with Crippen LogP contribution in [0.2, 0.25) is 0 Å². The van der Waals surface area contributed by atoms with Crippen LogP contribution in [0.25, 0.3) is 0 Å². The average molecular weight is 731 g/mol. The van der Waals surface area contributed by atoms with Crippen molar-refractivity contribution in [2.24, 2.45) is 0 Å². The molecule has 0 aliphatic heterocycles. The summed E-state index contributed by atoms with van der Waals surface area (Å²) in [4.78, 5) is 37.2. The van der Waals surface area contributed by atoms with Crippen LogP contribution in [0.1, 0.15) is 19.3 Å². The van der Waals surface area contributed by atoms with Crippen molar-refractivity contribution in [2.75, 3.05) is 19.6 Å². The highest BCUT2D eigenvalue weighted by Crippen LogP contribution is 2.32. The highest BCUT2D eigenvalue weighted by molar-refractivity contribution is 5.74. The van der Waals surface area contributed by atoms with Gasteiger partial charge in [0.25, 0.3) is 0 Å². The zero-order valence-electron chi connectivity index (χ0n) is 23.3. The van der Waals surface area contributed by atoms with Gasteiger partial charge in [-0.25, -0.2) is 39.5 Å². The first-order chi connectivity index (χ1) is 22.8. The molecule has 3 rings (SSSR count). The van der Waals surface area contributed by atoms with Gasteiger partial charge in [-0.3, -0.25) is 14.4 Å². The maximum absolute atomic E-state index is 13.8. The summed E-state index contributed by atoms with van der Waals surface area (Å²) in [7, 11) is 0. The largest absolute Gasteiger partial charge is 0.420 e. The van der Waals surface area contributed by atoms with Crippen LogP contribution in [0.15, 0.2) is 0 Å². The van der Waals surface area contributed by atoms with E-state index in [9.17, 15) is 80.2 Å². The van der Waals surface area contributed by atoms with Gasteiger partial charge in [-0.15, -0.1) is 0 Å². The van der Waals surface area contributed by atoms with Gasteiger partial charge >= 0.3 is 17.9 Å². The van der Waals surface area contributed by atoms with Gasteiger partial charge in [0.2, 0.25) is 105 Å². The van der Waals surface area contributed by atoms with E-state index in [2.05, 4.69) is 14.2 Å². The number of benzene rings is 3. The Labute approximate surface area is 261 Å². The molecule has 266 valence electrons. The fourth-order valence-electron chi connectivity index (χ4n) is 3.60. The highest BCUT2D eigenvalue weighted by atomic mass is 19.2. The van der Waals surface area contributed by atoms with E-state index in [0.717, 1.165) is 4.90 Å². The molecule has 0 amide bonds. The number of nitrogens with zero attached hydrogens (tertiary/aromatic N) is 1. The lowest BCUT2D eigenvalue weighted by atomic mass is 10.2. The Kier molecular flexibility index (Phi) is 12.1. The number of hydrogen-bond acceptors (Lipinski definition) is 7. The molecule has 0 saturated carbocycles. The van der Waals surface area contributed by atoms with Crippen molar-refractivity contribution in [3.05, 3.63) is 87.3 Å². The maximum Gasteiger partial charge on any atom is 0.312 e. The summed E-state index contributed by atoms with van der Waals surface area (Å²) in [5.74, 6) is -49.5. The van der Waals surface area contributed by atoms with Gasteiger partial charge in [0, 0.05) is 19.6 Å². The summed E-state index contributed by atoms with van der Waals surface area (Å²) < 4.78 is 216. The number of ether oxygens (including phenoxy) is 3. The fraction of sp³-hybridized carbons (Fsp3) is 0.222. The van der Waals surface area contributed by atoms with Gasteiger partial charge in [0.05, 0.1) is 19.3 Å². The minimum Gasteiger partial charge on any atom is -0.420 e. The molecule has 0 spiro atoms. The second-order valence-corrected chi connectivity index (χ2v) is 9.21. The molecule has 0 saturated heterocycles.